The Bertz CT molecular complexity index is 637. The molecule has 9 nitrogen and oxygen atoms in total. The summed E-state index contributed by atoms with van der Waals surface area (Å²) >= 11 is 0. The minimum atomic E-state index is -0.915. The zero-order chi connectivity index (χ0) is 19.3. The lowest BCUT2D eigenvalue weighted by atomic mass is 9.88. The van der Waals surface area contributed by atoms with Crippen molar-refractivity contribution in [2.45, 2.75) is 52.0 Å². The summed E-state index contributed by atoms with van der Waals surface area (Å²) in [6, 6.07) is -1.01. The maximum atomic E-state index is 13.0. The van der Waals surface area contributed by atoms with E-state index in [1.807, 2.05) is 13.8 Å². The van der Waals surface area contributed by atoms with Crippen molar-refractivity contribution in [3.63, 3.8) is 0 Å². The third kappa shape index (κ3) is 3.81. The van der Waals surface area contributed by atoms with Crippen molar-refractivity contribution < 1.29 is 23.9 Å². The van der Waals surface area contributed by atoms with Crippen LogP contribution >= 0.6 is 0 Å². The van der Waals surface area contributed by atoms with Crippen LogP contribution in [-0.2, 0) is 14.3 Å². The summed E-state index contributed by atoms with van der Waals surface area (Å²) < 4.78 is 4.99. The van der Waals surface area contributed by atoms with Crippen LogP contribution in [0.5, 0.6) is 0 Å². The number of ether oxygens (including phenoxy) is 1. The highest BCUT2D eigenvalue weighted by Crippen LogP contribution is 2.28. The van der Waals surface area contributed by atoms with Crippen molar-refractivity contribution in [3.05, 3.63) is 11.3 Å². The molecule has 0 unspecified atom stereocenters. The topological polar surface area (TPSA) is 117 Å². The molecule has 3 N–H and O–H groups in total. The Labute approximate surface area is 152 Å². The molecule has 144 valence electrons. The number of carbonyl (C=O) groups is 4. The largest absolute Gasteiger partial charge is 0.463 e. The van der Waals surface area contributed by atoms with Crippen LogP contribution in [0.1, 0.15) is 46.5 Å². The number of nitrogens with zero attached hydrogens (tertiary/aromatic N) is 1. The second-order valence-electron chi connectivity index (χ2n) is 6.39. The van der Waals surface area contributed by atoms with Gasteiger partial charge in [0.2, 0.25) is 0 Å². The first kappa shape index (κ1) is 19.7. The molecule has 26 heavy (non-hydrogen) atoms. The Kier molecular flexibility index (Phi) is 6.23. The van der Waals surface area contributed by atoms with Gasteiger partial charge in [0.25, 0.3) is 5.91 Å². The summed E-state index contributed by atoms with van der Waals surface area (Å²) in [5.41, 5.74) is -0.502. The average Bonchev–Trinajstić information content (AvgIpc) is 2.80. The van der Waals surface area contributed by atoms with Crippen LogP contribution < -0.4 is 16.0 Å². The standard InChI is InChI=1S/C17H26N4O5/c1-4-7-17(8-5-2)14(23)21(16(25)20-17)10-12-11(13(22)26-6-3)9-18-15(24)19-12/h4-10H2,1-3H3,(H,20,25)(H2,18,19,24). The predicted molar refractivity (Wildman–Crippen MR) is 93.0 cm³/mol. The van der Waals surface area contributed by atoms with E-state index in [1.54, 1.807) is 6.92 Å². The normalized spacial score (nSPS) is 19.2. The zero-order valence-corrected chi connectivity index (χ0v) is 15.4. The fourth-order valence-electron chi connectivity index (χ4n) is 3.38. The average molecular weight is 366 g/mol. The molecule has 2 aliphatic rings. The Hall–Kier alpha value is -2.58. The third-order valence-electron chi connectivity index (χ3n) is 4.49. The van der Waals surface area contributed by atoms with Gasteiger partial charge in [-0.05, 0) is 19.8 Å². The fourth-order valence-corrected chi connectivity index (χ4v) is 3.38. The molecule has 2 heterocycles. The fraction of sp³-hybridized carbons (Fsp3) is 0.647. The van der Waals surface area contributed by atoms with Crippen molar-refractivity contribution in [1.82, 2.24) is 20.9 Å². The number of imide groups is 1. The zero-order valence-electron chi connectivity index (χ0n) is 15.4. The minimum absolute atomic E-state index is 0.0152. The number of rotatable bonds is 8. The van der Waals surface area contributed by atoms with Crippen molar-refractivity contribution >= 4 is 23.9 Å². The molecule has 0 spiro atoms. The Morgan fingerprint density at radius 1 is 1.15 bits per heavy atom. The molecule has 2 rings (SSSR count). The van der Waals surface area contributed by atoms with Crippen molar-refractivity contribution in [2.75, 3.05) is 19.7 Å². The van der Waals surface area contributed by atoms with Gasteiger partial charge in [-0.3, -0.25) is 9.69 Å². The summed E-state index contributed by atoms with van der Waals surface area (Å²) in [7, 11) is 0. The van der Waals surface area contributed by atoms with Gasteiger partial charge in [-0.15, -0.1) is 0 Å². The van der Waals surface area contributed by atoms with E-state index >= 15 is 0 Å². The molecular weight excluding hydrogens is 340 g/mol. The molecule has 0 aromatic heterocycles. The van der Waals surface area contributed by atoms with E-state index < -0.39 is 23.6 Å². The number of hydrogen-bond acceptors (Lipinski definition) is 5. The van der Waals surface area contributed by atoms with Crippen LogP contribution in [0.3, 0.4) is 0 Å². The van der Waals surface area contributed by atoms with Crippen molar-refractivity contribution in [1.29, 1.82) is 0 Å². The summed E-state index contributed by atoms with van der Waals surface area (Å²) in [6.07, 6.45) is 2.58. The van der Waals surface area contributed by atoms with E-state index in [0.29, 0.717) is 12.8 Å². The predicted octanol–water partition coefficient (Wildman–Crippen LogP) is 1.01. The molecule has 0 aliphatic carbocycles. The molecule has 9 heteroatoms. The molecule has 5 amide bonds. The van der Waals surface area contributed by atoms with Gasteiger partial charge in [0.1, 0.15) is 5.54 Å². The van der Waals surface area contributed by atoms with E-state index in [2.05, 4.69) is 16.0 Å². The SMILES string of the molecule is CCCC1(CCC)NC(=O)N(CC2=C(C(=O)OCC)CNC(=O)N2)C1=O. The van der Waals surface area contributed by atoms with Crippen molar-refractivity contribution in [2.24, 2.45) is 0 Å². The van der Waals surface area contributed by atoms with E-state index in [4.69, 9.17) is 4.74 Å². The van der Waals surface area contributed by atoms with Gasteiger partial charge < -0.3 is 20.7 Å². The second kappa shape index (κ2) is 8.20. The summed E-state index contributed by atoms with van der Waals surface area (Å²) in [4.78, 5) is 50.2. The molecule has 0 aromatic carbocycles. The quantitative estimate of drug-likeness (QED) is 0.438. The lowest BCUT2D eigenvalue weighted by Crippen LogP contribution is -2.49. The van der Waals surface area contributed by atoms with Gasteiger partial charge in [-0.1, -0.05) is 26.7 Å². The van der Waals surface area contributed by atoms with Crippen LogP contribution in [0, 0.1) is 0 Å². The first-order valence-corrected chi connectivity index (χ1v) is 8.96. The van der Waals surface area contributed by atoms with Crippen LogP contribution in [0.15, 0.2) is 11.3 Å². The molecule has 0 saturated carbocycles. The highest BCUT2D eigenvalue weighted by Gasteiger charge is 2.50. The first-order chi connectivity index (χ1) is 12.4. The lowest BCUT2D eigenvalue weighted by molar-refractivity contribution is -0.139. The third-order valence-corrected chi connectivity index (χ3v) is 4.49. The molecule has 0 radical (unpaired) electrons. The number of urea groups is 2. The van der Waals surface area contributed by atoms with Gasteiger partial charge in [-0.25, -0.2) is 14.4 Å². The highest BCUT2D eigenvalue weighted by atomic mass is 16.5. The number of amides is 5. The van der Waals surface area contributed by atoms with Crippen LogP contribution in [0.4, 0.5) is 9.59 Å². The monoisotopic (exact) mass is 366 g/mol. The Morgan fingerprint density at radius 2 is 1.81 bits per heavy atom. The lowest BCUT2D eigenvalue weighted by Gasteiger charge is -2.27. The number of carbonyl (C=O) groups excluding carboxylic acids is 4. The van der Waals surface area contributed by atoms with Crippen molar-refractivity contribution in [3.8, 4) is 0 Å². The molecule has 2 aliphatic heterocycles. The van der Waals surface area contributed by atoms with Gasteiger partial charge in [0.15, 0.2) is 0 Å². The Morgan fingerprint density at radius 3 is 2.38 bits per heavy atom. The van der Waals surface area contributed by atoms with Gasteiger partial charge >= 0.3 is 18.0 Å². The molecular formula is C17H26N4O5. The smallest absolute Gasteiger partial charge is 0.337 e. The first-order valence-electron chi connectivity index (χ1n) is 8.96. The number of hydrogen-bond donors (Lipinski definition) is 3. The minimum Gasteiger partial charge on any atom is -0.463 e. The highest BCUT2D eigenvalue weighted by molar-refractivity contribution is 6.07. The van der Waals surface area contributed by atoms with E-state index in [-0.39, 0.29) is 36.9 Å². The van der Waals surface area contributed by atoms with Crippen LogP contribution in [-0.4, -0.2) is 54.1 Å². The van der Waals surface area contributed by atoms with E-state index in [9.17, 15) is 19.2 Å². The number of esters is 1. The Balaban J connectivity index is 2.29. The van der Waals surface area contributed by atoms with Gasteiger partial charge in [-0.2, -0.15) is 0 Å². The molecule has 0 aromatic rings. The molecule has 0 bridgehead atoms. The van der Waals surface area contributed by atoms with Crippen LogP contribution in [0.25, 0.3) is 0 Å². The van der Waals surface area contributed by atoms with Gasteiger partial charge in [0.05, 0.1) is 31.0 Å². The molecule has 0 atom stereocenters. The second-order valence-corrected chi connectivity index (χ2v) is 6.39. The van der Waals surface area contributed by atoms with Crippen LogP contribution in [0.2, 0.25) is 0 Å². The van der Waals surface area contributed by atoms with E-state index in [0.717, 1.165) is 17.7 Å². The molecule has 1 saturated heterocycles. The summed E-state index contributed by atoms with van der Waals surface area (Å²) in [5, 5.41) is 7.82. The summed E-state index contributed by atoms with van der Waals surface area (Å²) in [5.74, 6) is -0.912. The maximum Gasteiger partial charge on any atom is 0.337 e. The van der Waals surface area contributed by atoms with Gasteiger partial charge in [0, 0.05) is 0 Å². The number of nitrogens with one attached hydrogen (secondary N) is 3. The maximum absolute atomic E-state index is 13.0. The molecule has 1 fully saturated rings. The summed E-state index contributed by atoms with van der Waals surface area (Å²) in [6.45, 7) is 5.57. The van der Waals surface area contributed by atoms with E-state index in [1.165, 1.54) is 0 Å².